The number of ether oxygens (including phenoxy) is 2. The summed E-state index contributed by atoms with van der Waals surface area (Å²) in [5, 5.41) is 2.02. The van der Waals surface area contributed by atoms with Crippen molar-refractivity contribution < 1.29 is 13.9 Å². The molecule has 4 heteroatoms. The number of rotatable bonds is 6. The van der Waals surface area contributed by atoms with Crippen LogP contribution in [0, 0.1) is 11.7 Å². The number of benzene rings is 2. The van der Waals surface area contributed by atoms with Gasteiger partial charge in [-0.25, -0.2) is 4.39 Å². The molecule has 2 aromatic carbocycles. The van der Waals surface area contributed by atoms with Gasteiger partial charge in [-0.3, -0.25) is 0 Å². The van der Waals surface area contributed by atoms with Crippen molar-refractivity contribution in [2.45, 2.75) is 26.2 Å². The van der Waals surface area contributed by atoms with Crippen molar-refractivity contribution in [3.63, 3.8) is 0 Å². The Morgan fingerprint density at radius 2 is 1.96 bits per heavy atom. The van der Waals surface area contributed by atoms with Gasteiger partial charge in [0.1, 0.15) is 5.75 Å². The molecule has 0 bridgehead atoms. The number of halogens is 1. The SMILES string of the molecule is CCCOc1ccc2c(sc3cc(OCC4CC4)ccc32)c1F. The van der Waals surface area contributed by atoms with Gasteiger partial charge in [0.25, 0.3) is 0 Å². The maximum Gasteiger partial charge on any atom is 0.182 e. The Balaban J connectivity index is 1.71. The van der Waals surface area contributed by atoms with Gasteiger partial charge in [-0.15, -0.1) is 11.3 Å². The molecular formula is C19H19FO2S. The van der Waals surface area contributed by atoms with E-state index in [0.717, 1.165) is 40.2 Å². The molecule has 1 heterocycles. The summed E-state index contributed by atoms with van der Waals surface area (Å²) in [7, 11) is 0. The fraction of sp³-hybridized carbons (Fsp3) is 0.368. The minimum Gasteiger partial charge on any atom is -0.493 e. The average Bonchev–Trinajstić information content (AvgIpc) is 3.32. The van der Waals surface area contributed by atoms with Gasteiger partial charge in [-0.1, -0.05) is 6.92 Å². The molecule has 0 spiro atoms. The average molecular weight is 330 g/mol. The summed E-state index contributed by atoms with van der Waals surface area (Å²) in [6, 6.07) is 9.72. The molecule has 1 aliphatic rings. The molecule has 1 aromatic heterocycles. The zero-order valence-corrected chi connectivity index (χ0v) is 13.9. The van der Waals surface area contributed by atoms with Crippen molar-refractivity contribution in [3.05, 3.63) is 36.1 Å². The first-order valence-corrected chi connectivity index (χ1v) is 8.98. The minimum absolute atomic E-state index is 0.252. The van der Waals surface area contributed by atoms with Crippen LogP contribution in [0.4, 0.5) is 4.39 Å². The molecule has 1 aliphatic carbocycles. The Morgan fingerprint density at radius 1 is 1.13 bits per heavy atom. The molecule has 0 unspecified atom stereocenters. The Labute approximate surface area is 138 Å². The van der Waals surface area contributed by atoms with E-state index >= 15 is 0 Å². The van der Waals surface area contributed by atoms with Crippen LogP contribution in [0.3, 0.4) is 0 Å². The van der Waals surface area contributed by atoms with Gasteiger partial charge >= 0.3 is 0 Å². The van der Waals surface area contributed by atoms with E-state index in [1.165, 1.54) is 24.2 Å². The van der Waals surface area contributed by atoms with Crippen molar-refractivity contribution in [1.29, 1.82) is 0 Å². The predicted octanol–water partition coefficient (Wildman–Crippen LogP) is 5.77. The second-order valence-electron chi connectivity index (χ2n) is 6.12. The summed E-state index contributed by atoms with van der Waals surface area (Å²) in [5.74, 6) is 1.69. The number of hydrogen-bond donors (Lipinski definition) is 0. The molecule has 4 rings (SSSR count). The lowest BCUT2D eigenvalue weighted by atomic mass is 10.1. The van der Waals surface area contributed by atoms with E-state index in [1.54, 1.807) is 6.07 Å². The lowest BCUT2D eigenvalue weighted by Gasteiger charge is -2.06. The van der Waals surface area contributed by atoms with Gasteiger partial charge in [0, 0.05) is 15.5 Å². The molecule has 0 radical (unpaired) electrons. The third kappa shape index (κ3) is 2.88. The normalized spacial score (nSPS) is 14.5. The van der Waals surface area contributed by atoms with Crippen molar-refractivity contribution in [3.8, 4) is 11.5 Å². The highest BCUT2D eigenvalue weighted by atomic mass is 32.1. The van der Waals surface area contributed by atoms with E-state index in [4.69, 9.17) is 9.47 Å². The van der Waals surface area contributed by atoms with Crippen molar-refractivity contribution in [1.82, 2.24) is 0 Å². The van der Waals surface area contributed by atoms with Crippen LogP contribution in [0.25, 0.3) is 20.2 Å². The third-order valence-electron chi connectivity index (χ3n) is 4.16. The fourth-order valence-electron chi connectivity index (χ4n) is 2.68. The molecular weight excluding hydrogens is 311 g/mol. The standard InChI is InChI=1S/C19H19FO2S/c1-2-9-21-16-8-7-15-14-6-5-13(22-11-12-3-4-12)10-17(14)23-19(15)18(16)20/h5-8,10,12H,2-4,9,11H2,1H3. The molecule has 1 saturated carbocycles. The first-order chi connectivity index (χ1) is 11.3. The minimum atomic E-state index is -0.252. The quantitative estimate of drug-likeness (QED) is 0.571. The zero-order valence-electron chi connectivity index (χ0n) is 13.1. The first kappa shape index (κ1) is 14.8. The number of fused-ring (bicyclic) bond motifs is 3. The predicted molar refractivity (Wildman–Crippen MR) is 93.3 cm³/mol. The van der Waals surface area contributed by atoms with Gasteiger partial charge < -0.3 is 9.47 Å². The Hall–Kier alpha value is -1.81. The van der Waals surface area contributed by atoms with Crippen molar-refractivity contribution in [2.24, 2.45) is 5.92 Å². The fourth-order valence-corrected chi connectivity index (χ4v) is 3.84. The zero-order chi connectivity index (χ0) is 15.8. The molecule has 1 fully saturated rings. The second-order valence-corrected chi connectivity index (χ2v) is 7.17. The maximum absolute atomic E-state index is 14.6. The van der Waals surface area contributed by atoms with Gasteiger partial charge in [0.05, 0.1) is 17.9 Å². The lowest BCUT2D eigenvalue weighted by molar-refractivity contribution is 0.300. The monoisotopic (exact) mass is 330 g/mol. The molecule has 23 heavy (non-hydrogen) atoms. The molecule has 0 saturated heterocycles. The van der Waals surface area contributed by atoms with Crippen molar-refractivity contribution >= 4 is 31.5 Å². The summed E-state index contributed by atoms with van der Waals surface area (Å²) in [5.41, 5.74) is 0. The Bertz CT molecular complexity index is 851. The van der Waals surface area contributed by atoms with Crippen LogP contribution in [0.1, 0.15) is 26.2 Å². The summed E-state index contributed by atoms with van der Waals surface area (Å²) in [6.07, 6.45) is 3.42. The van der Waals surface area contributed by atoms with Gasteiger partial charge in [0.15, 0.2) is 11.6 Å². The highest BCUT2D eigenvalue weighted by molar-refractivity contribution is 7.25. The topological polar surface area (TPSA) is 18.5 Å². The Morgan fingerprint density at radius 3 is 2.74 bits per heavy atom. The van der Waals surface area contributed by atoms with Crippen LogP contribution in [-0.2, 0) is 0 Å². The number of thiophene rings is 1. The van der Waals surface area contributed by atoms with Gasteiger partial charge in [0.2, 0.25) is 0 Å². The molecule has 3 aromatic rings. The molecule has 0 N–H and O–H groups in total. The van der Waals surface area contributed by atoms with Crippen LogP contribution in [0.15, 0.2) is 30.3 Å². The van der Waals surface area contributed by atoms with E-state index in [9.17, 15) is 4.39 Å². The summed E-state index contributed by atoms with van der Waals surface area (Å²) in [6.45, 7) is 3.34. The molecule has 2 nitrogen and oxygen atoms in total. The first-order valence-electron chi connectivity index (χ1n) is 8.16. The van der Waals surface area contributed by atoms with E-state index in [1.807, 2.05) is 31.2 Å². The smallest absolute Gasteiger partial charge is 0.182 e. The van der Waals surface area contributed by atoms with Gasteiger partial charge in [-0.2, -0.15) is 0 Å². The third-order valence-corrected chi connectivity index (χ3v) is 5.32. The van der Waals surface area contributed by atoms with Crippen LogP contribution in [0.5, 0.6) is 11.5 Å². The van der Waals surface area contributed by atoms with E-state index < -0.39 is 0 Å². The Kier molecular flexibility index (Phi) is 3.85. The second kappa shape index (κ2) is 6.00. The van der Waals surface area contributed by atoms with E-state index in [-0.39, 0.29) is 5.82 Å². The summed E-state index contributed by atoms with van der Waals surface area (Å²) in [4.78, 5) is 0. The highest BCUT2D eigenvalue weighted by Gasteiger charge is 2.22. The lowest BCUT2D eigenvalue weighted by Crippen LogP contribution is -1.98. The molecule has 0 amide bonds. The van der Waals surface area contributed by atoms with Gasteiger partial charge in [-0.05, 0) is 55.5 Å². The van der Waals surface area contributed by atoms with Crippen LogP contribution < -0.4 is 9.47 Å². The molecule has 120 valence electrons. The van der Waals surface area contributed by atoms with Crippen LogP contribution in [0.2, 0.25) is 0 Å². The largest absolute Gasteiger partial charge is 0.493 e. The van der Waals surface area contributed by atoms with E-state index in [0.29, 0.717) is 17.1 Å². The van der Waals surface area contributed by atoms with Crippen LogP contribution in [-0.4, -0.2) is 13.2 Å². The maximum atomic E-state index is 14.6. The van der Waals surface area contributed by atoms with Crippen LogP contribution >= 0.6 is 11.3 Å². The molecule has 0 atom stereocenters. The summed E-state index contributed by atoms with van der Waals surface area (Å²) >= 11 is 1.46. The number of hydrogen-bond acceptors (Lipinski definition) is 3. The summed E-state index contributed by atoms with van der Waals surface area (Å²) < 4.78 is 27.7. The highest BCUT2D eigenvalue weighted by Crippen LogP contribution is 2.40. The van der Waals surface area contributed by atoms with Crippen molar-refractivity contribution in [2.75, 3.05) is 13.2 Å². The van der Waals surface area contributed by atoms with E-state index in [2.05, 4.69) is 0 Å². The molecule has 0 aliphatic heterocycles.